The van der Waals surface area contributed by atoms with Crippen molar-refractivity contribution in [2.45, 2.75) is 39.2 Å². The zero-order valence-electron chi connectivity index (χ0n) is 10.7. The number of ether oxygens (including phenoxy) is 1. The zero-order valence-corrected chi connectivity index (χ0v) is 10.7. The van der Waals surface area contributed by atoms with Crippen molar-refractivity contribution >= 4 is 5.97 Å². The van der Waals surface area contributed by atoms with Crippen LogP contribution in [0.15, 0.2) is 15.8 Å². The molecule has 0 amide bonds. The number of rotatable bonds is 6. The molecule has 0 spiro atoms. The number of nitrogens with zero attached hydrogens (tertiary/aromatic N) is 1. The molecular weight excluding hydrogens is 236 g/mol. The molecule has 0 fully saturated rings. The van der Waals surface area contributed by atoms with Crippen molar-refractivity contribution < 1.29 is 9.53 Å². The van der Waals surface area contributed by atoms with Gasteiger partial charge in [0.1, 0.15) is 0 Å². The minimum atomic E-state index is -0.390. The Kier molecular flexibility index (Phi) is 5.35. The molecule has 0 radical (unpaired) electrons. The van der Waals surface area contributed by atoms with Crippen LogP contribution in [-0.4, -0.2) is 22.6 Å². The molecule has 1 aromatic rings. The molecule has 0 saturated heterocycles. The fraction of sp³-hybridized carbons (Fsp3) is 0.583. The average Bonchev–Trinajstić information content (AvgIpc) is 2.34. The second-order valence-electron chi connectivity index (χ2n) is 4.15. The lowest BCUT2D eigenvalue weighted by Crippen LogP contribution is -2.30. The molecule has 0 aromatic carbocycles. The molecule has 1 rings (SSSR count). The Morgan fingerprint density at radius 2 is 2.06 bits per heavy atom. The summed E-state index contributed by atoms with van der Waals surface area (Å²) in [7, 11) is 1.37. The van der Waals surface area contributed by atoms with Crippen LogP contribution in [0.25, 0.3) is 0 Å². The van der Waals surface area contributed by atoms with Crippen molar-refractivity contribution in [3.8, 4) is 0 Å². The number of hydrogen-bond acceptors (Lipinski definition) is 4. The number of esters is 1. The van der Waals surface area contributed by atoms with Crippen molar-refractivity contribution in [1.29, 1.82) is 0 Å². The van der Waals surface area contributed by atoms with E-state index in [1.807, 2.05) is 0 Å². The van der Waals surface area contributed by atoms with Crippen molar-refractivity contribution in [3.63, 3.8) is 0 Å². The quantitative estimate of drug-likeness (QED) is 0.594. The Hall–Kier alpha value is -1.85. The molecule has 0 bridgehead atoms. The van der Waals surface area contributed by atoms with Gasteiger partial charge in [0.25, 0.3) is 5.56 Å². The highest BCUT2D eigenvalue weighted by Gasteiger charge is 2.02. The topological polar surface area (TPSA) is 81.2 Å². The van der Waals surface area contributed by atoms with Crippen LogP contribution in [0, 0.1) is 6.92 Å². The van der Waals surface area contributed by atoms with Gasteiger partial charge < -0.3 is 9.30 Å². The minimum Gasteiger partial charge on any atom is -0.469 e. The van der Waals surface area contributed by atoms with Gasteiger partial charge in [-0.25, -0.2) is 4.79 Å². The van der Waals surface area contributed by atoms with Gasteiger partial charge >= 0.3 is 11.7 Å². The highest BCUT2D eigenvalue weighted by atomic mass is 16.5. The van der Waals surface area contributed by atoms with Gasteiger partial charge in [0.05, 0.1) is 7.11 Å². The van der Waals surface area contributed by atoms with Gasteiger partial charge in [-0.1, -0.05) is 6.42 Å². The summed E-state index contributed by atoms with van der Waals surface area (Å²) in [6, 6.07) is 0. The largest absolute Gasteiger partial charge is 0.469 e. The number of methoxy groups -OCH3 is 1. The summed E-state index contributed by atoms with van der Waals surface area (Å²) in [5.41, 5.74) is -0.218. The summed E-state index contributed by atoms with van der Waals surface area (Å²) < 4.78 is 6.01. The molecule has 0 saturated carbocycles. The van der Waals surface area contributed by atoms with Crippen LogP contribution in [0.3, 0.4) is 0 Å². The summed E-state index contributed by atoms with van der Waals surface area (Å²) in [5, 5.41) is 0. The average molecular weight is 254 g/mol. The standard InChI is InChI=1S/C12H18N2O4/c1-9-8-14(12(17)13-11(9)16)7-5-3-4-6-10(15)18-2/h8H,3-7H2,1-2H3,(H,13,16,17). The molecule has 1 heterocycles. The number of carbonyl (C=O) groups is 1. The minimum absolute atomic E-state index is 0.216. The number of aromatic nitrogens is 2. The van der Waals surface area contributed by atoms with Crippen LogP contribution in [0.5, 0.6) is 0 Å². The van der Waals surface area contributed by atoms with E-state index in [1.165, 1.54) is 11.7 Å². The second kappa shape index (κ2) is 6.78. The zero-order chi connectivity index (χ0) is 13.5. The molecule has 6 nitrogen and oxygen atoms in total. The van der Waals surface area contributed by atoms with Crippen molar-refractivity contribution in [2.24, 2.45) is 0 Å². The Bertz CT molecular complexity index is 516. The SMILES string of the molecule is COC(=O)CCCCCn1cc(C)c(=O)[nH]c1=O. The Morgan fingerprint density at radius 1 is 1.33 bits per heavy atom. The highest BCUT2D eigenvalue weighted by molar-refractivity contribution is 5.68. The molecule has 0 unspecified atom stereocenters. The molecule has 1 N–H and O–H groups in total. The van der Waals surface area contributed by atoms with Gasteiger partial charge in [-0.05, 0) is 19.8 Å². The molecule has 1 aromatic heterocycles. The van der Waals surface area contributed by atoms with Crippen LogP contribution in [0.1, 0.15) is 31.2 Å². The third-order valence-corrected chi connectivity index (χ3v) is 2.70. The van der Waals surface area contributed by atoms with E-state index in [-0.39, 0.29) is 11.5 Å². The highest BCUT2D eigenvalue weighted by Crippen LogP contribution is 2.02. The molecule has 6 heteroatoms. The molecule has 100 valence electrons. The van der Waals surface area contributed by atoms with E-state index in [9.17, 15) is 14.4 Å². The number of aromatic amines is 1. The van der Waals surface area contributed by atoms with E-state index in [0.717, 1.165) is 19.3 Å². The summed E-state index contributed by atoms with van der Waals surface area (Å²) in [4.78, 5) is 35.7. The molecule has 0 atom stereocenters. The van der Waals surface area contributed by atoms with Crippen LogP contribution in [0.4, 0.5) is 0 Å². The van der Waals surface area contributed by atoms with E-state index < -0.39 is 5.69 Å². The maximum Gasteiger partial charge on any atom is 0.328 e. The fourth-order valence-corrected chi connectivity index (χ4v) is 1.61. The summed E-state index contributed by atoms with van der Waals surface area (Å²) >= 11 is 0. The number of H-pyrrole nitrogens is 1. The van der Waals surface area contributed by atoms with E-state index in [0.29, 0.717) is 18.5 Å². The normalized spacial score (nSPS) is 10.3. The van der Waals surface area contributed by atoms with E-state index in [2.05, 4.69) is 9.72 Å². The van der Waals surface area contributed by atoms with Crippen LogP contribution in [0.2, 0.25) is 0 Å². The summed E-state index contributed by atoms with van der Waals surface area (Å²) in [6.07, 6.45) is 4.31. The predicted octanol–water partition coefficient (Wildman–Crippen LogP) is 0.578. The van der Waals surface area contributed by atoms with Crippen molar-refractivity contribution in [1.82, 2.24) is 9.55 Å². The van der Waals surface area contributed by atoms with Gasteiger partial charge in [-0.3, -0.25) is 14.6 Å². The third kappa shape index (κ3) is 4.20. The van der Waals surface area contributed by atoms with Crippen molar-refractivity contribution in [2.75, 3.05) is 7.11 Å². The van der Waals surface area contributed by atoms with Crippen LogP contribution >= 0.6 is 0 Å². The lowest BCUT2D eigenvalue weighted by Gasteiger charge is -2.05. The first-order valence-electron chi connectivity index (χ1n) is 5.92. The number of aryl methyl sites for hydroxylation is 2. The number of unbranched alkanes of at least 4 members (excludes halogenated alkanes) is 2. The lowest BCUT2D eigenvalue weighted by molar-refractivity contribution is -0.140. The molecular formula is C12H18N2O4. The van der Waals surface area contributed by atoms with E-state index >= 15 is 0 Å². The van der Waals surface area contributed by atoms with Gasteiger partial charge in [0, 0.05) is 24.7 Å². The second-order valence-corrected chi connectivity index (χ2v) is 4.15. The first-order valence-corrected chi connectivity index (χ1v) is 5.92. The maximum atomic E-state index is 11.4. The molecule has 0 aliphatic heterocycles. The Labute approximate surface area is 105 Å². The predicted molar refractivity (Wildman–Crippen MR) is 66.5 cm³/mol. The lowest BCUT2D eigenvalue weighted by atomic mass is 10.2. The fourth-order valence-electron chi connectivity index (χ4n) is 1.61. The Balaban J connectivity index is 2.40. The number of nitrogens with one attached hydrogen (secondary N) is 1. The first-order chi connectivity index (χ1) is 8.54. The number of hydrogen-bond donors (Lipinski definition) is 1. The van der Waals surface area contributed by atoms with E-state index in [4.69, 9.17) is 0 Å². The number of carbonyl (C=O) groups excluding carboxylic acids is 1. The van der Waals surface area contributed by atoms with Crippen LogP contribution in [-0.2, 0) is 16.1 Å². The monoisotopic (exact) mass is 254 g/mol. The molecule has 18 heavy (non-hydrogen) atoms. The molecule has 0 aliphatic rings. The first kappa shape index (κ1) is 14.2. The van der Waals surface area contributed by atoms with Gasteiger partial charge in [-0.2, -0.15) is 0 Å². The van der Waals surface area contributed by atoms with E-state index in [1.54, 1.807) is 13.1 Å². The van der Waals surface area contributed by atoms with Gasteiger partial charge in [-0.15, -0.1) is 0 Å². The molecule has 0 aliphatic carbocycles. The maximum absolute atomic E-state index is 11.4. The van der Waals surface area contributed by atoms with Crippen LogP contribution < -0.4 is 11.2 Å². The smallest absolute Gasteiger partial charge is 0.328 e. The summed E-state index contributed by atoms with van der Waals surface area (Å²) in [6.45, 7) is 2.20. The van der Waals surface area contributed by atoms with Gasteiger partial charge in [0.2, 0.25) is 0 Å². The van der Waals surface area contributed by atoms with Gasteiger partial charge in [0.15, 0.2) is 0 Å². The Morgan fingerprint density at radius 3 is 2.72 bits per heavy atom. The summed E-state index contributed by atoms with van der Waals surface area (Å²) in [5.74, 6) is -0.216. The van der Waals surface area contributed by atoms with Crippen molar-refractivity contribution in [3.05, 3.63) is 32.6 Å². The third-order valence-electron chi connectivity index (χ3n) is 2.70.